The Morgan fingerprint density at radius 1 is 1.35 bits per heavy atom. The SMILES string of the molecule is O=[N+]([O-])c1c(C(F)F)cc(F)nc1C(F)(F)F. The third kappa shape index (κ3) is 2.63. The fourth-order valence-electron chi connectivity index (χ4n) is 1.08. The zero-order chi connectivity index (χ0) is 13.4. The molecule has 0 aromatic carbocycles. The number of rotatable bonds is 2. The Hall–Kier alpha value is -1.87. The molecule has 1 aromatic rings. The number of aromatic nitrogens is 1. The number of alkyl halides is 5. The maximum atomic E-state index is 12.6. The molecule has 0 atom stereocenters. The zero-order valence-corrected chi connectivity index (χ0v) is 7.63. The summed E-state index contributed by atoms with van der Waals surface area (Å²) in [6.45, 7) is 0. The first kappa shape index (κ1) is 13.2. The molecular weight excluding hydrogens is 258 g/mol. The molecule has 0 saturated heterocycles. The summed E-state index contributed by atoms with van der Waals surface area (Å²) < 4.78 is 73.9. The van der Waals surface area contributed by atoms with E-state index in [0.29, 0.717) is 0 Å². The summed E-state index contributed by atoms with van der Waals surface area (Å²) in [6.07, 6.45) is -9.01. The molecule has 0 fully saturated rings. The summed E-state index contributed by atoms with van der Waals surface area (Å²) in [6, 6.07) is -0.0992. The van der Waals surface area contributed by atoms with Crippen LogP contribution >= 0.6 is 0 Å². The smallest absolute Gasteiger partial charge is 0.258 e. The van der Waals surface area contributed by atoms with Crippen molar-refractivity contribution in [3.8, 4) is 0 Å². The lowest BCUT2D eigenvalue weighted by molar-refractivity contribution is -0.390. The lowest BCUT2D eigenvalue weighted by atomic mass is 10.1. The van der Waals surface area contributed by atoms with Gasteiger partial charge in [-0.05, 0) is 0 Å². The summed E-state index contributed by atoms with van der Waals surface area (Å²) in [5.74, 6) is -1.86. The minimum Gasteiger partial charge on any atom is -0.258 e. The van der Waals surface area contributed by atoms with Crippen molar-refractivity contribution in [2.45, 2.75) is 12.6 Å². The Bertz CT molecular complexity index is 458. The van der Waals surface area contributed by atoms with E-state index in [2.05, 4.69) is 4.98 Å². The predicted molar refractivity (Wildman–Crippen MR) is 40.8 cm³/mol. The topological polar surface area (TPSA) is 56.0 Å². The molecule has 17 heavy (non-hydrogen) atoms. The van der Waals surface area contributed by atoms with Crippen molar-refractivity contribution in [2.24, 2.45) is 0 Å². The molecule has 4 nitrogen and oxygen atoms in total. The van der Waals surface area contributed by atoms with Crippen molar-refractivity contribution >= 4 is 5.69 Å². The largest absolute Gasteiger partial charge is 0.440 e. The first-order valence-electron chi connectivity index (χ1n) is 3.84. The molecule has 0 bridgehead atoms. The van der Waals surface area contributed by atoms with E-state index in [0.717, 1.165) is 0 Å². The second-order valence-electron chi connectivity index (χ2n) is 2.79. The van der Waals surface area contributed by atoms with Gasteiger partial charge in [0.1, 0.15) is 5.56 Å². The maximum Gasteiger partial charge on any atom is 0.440 e. The van der Waals surface area contributed by atoms with Gasteiger partial charge in [-0.2, -0.15) is 17.6 Å². The van der Waals surface area contributed by atoms with Gasteiger partial charge in [-0.3, -0.25) is 10.1 Å². The van der Waals surface area contributed by atoms with Gasteiger partial charge in [0.05, 0.1) is 4.92 Å². The van der Waals surface area contributed by atoms with Gasteiger partial charge in [0.25, 0.3) is 6.43 Å². The Labute approximate surface area is 89.0 Å². The Kier molecular flexibility index (Phi) is 3.25. The highest BCUT2D eigenvalue weighted by molar-refractivity contribution is 5.46. The molecule has 0 amide bonds. The highest BCUT2D eigenvalue weighted by Crippen LogP contribution is 2.39. The van der Waals surface area contributed by atoms with E-state index < -0.39 is 40.4 Å². The molecule has 1 heterocycles. The van der Waals surface area contributed by atoms with Crippen LogP contribution in [0.5, 0.6) is 0 Å². The van der Waals surface area contributed by atoms with Crippen molar-refractivity contribution in [1.82, 2.24) is 4.98 Å². The number of nitrogens with zero attached hydrogens (tertiary/aromatic N) is 2. The third-order valence-electron chi connectivity index (χ3n) is 1.68. The van der Waals surface area contributed by atoms with E-state index in [9.17, 15) is 36.5 Å². The van der Waals surface area contributed by atoms with Crippen LogP contribution in [0.4, 0.5) is 32.0 Å². The van der Waals surface area contributed by atoms with Gasteiger partial charge in [0.15, 0.2) is 0 Å². The second kappa shape index (κ2) is 4.18. The fourth-order valence-corrected chi connectivity index (χ4v) is 1.08. The minimum atomic E-state index is -5.39. The zero-order valence-electron chi connectivity index (χ0n) is 7.63. The van der Waals surface area contributed by atoms with Crippen LogP contribution in [0.2, 0.25) is 0 Å². The van der Waals surface area contributed by atoms with Crippen LogP contribution < -0.4 is 0 Å². The van der Waals surface area contributed by atoms with Crippen LogP contribution in [0, 0.1) is 16.1 Å². The van der Waals surface area contributed by atoms with Crippen molar-refractivity contribution < 1.29 is 31.3 Å². The standard InChI is InChI=1S/C7H2F6N2O2/c8-3-1-2(6(9)10)4(15(16)17)5(14-3)7(11,12)13/h1,6H. The van der Waals surface area contributed by atoms with Crippen molar-refractivity contribution in [2.75, 3.05) is 0 Å². The van der Waals surface area contributed by atoms with Gasteiger partial charge >= 0.3 is 11.9 Å². The monoisotopic (exact) mass is 260 g/mol. The van der Waals surface area contributed by atoms with Crippen LogP contribution in [0.15, 0.2) is 6.07 Å². The molecule has 0 saturated carbocycles. The lowest BCUT2D eigenvalue weighted by Gasteiger charge is -2.09. The van der Waals surface area contributed by atoms with E-state index in [1.807, 2.05) is 0 Å². The van der Waals surface area contributed by atoms with Crippen LogP contribution in [-0.2, 0) is 6.18 Å². The molecule has 0 N–H and O–H groups in total. The van der Waals surface area contributed by atoms with E-state index in [4.69, 9.17) is 0 Å². The number of hydrogen-bond donors (Lipinski definition) is 0. The summed E-state index contributed by atoms with van der Waals surface area (Å²) in [5.41, 5.74) is -5.87. The van der Waals surface area contributed by atoms with Crippen LogP contribution in [-0.4, -0.2) is 9.91 Å². The number of hydrogen-bond acceptors (Lipinski definition) is 3. The highest BCUT2D eigenvalue weighted by atomic mass is 19.4. The van der Waals surface area contributed by atoms with E-state index in [1.54, 1.807) is 0 Å². The van der Waals surface area contributed by atoms with Gasteiger partial charge in [0.2, 0.25) is 11.6 Å². The second-order valence-corrected chi connectivity index (χ2v) is 2.79. The highest BCUT2D eigenvalue weighted by Gasteiger charge is 2.44. The summed E-state index contributed by atoms with van der Waals surface area (Å²) in [7, 11) is 0. The molecule has 0 unspecified atom stereocenters. The first-order valence-corrected chi connectivity index (χ1v) is 3.84. The molecule has 0 radical (unpaired) electrons. The first-order chi connectivity index (χ1) is 7.64. The number of pyridine rings is 1. The summed E-state index contributed by atoms with van der Waals surface area (Å²) >= 11 is 0. The Balaban J connectivity index is 3.64. The fraction of sp³-hybridized carbons (Fsp3) is 0.286. The van der Waals surface area contributed by atoms with Gasteiger partial charge in [-0.15, -0.1) is 0 Å². The maximum absolute atomic E-state index is 12.6. The lowest BCUT2D eigenvalue weighted by Crippen LogP contribution is -2.15. The number of halogens is 6. The van der Waals surface area contributed by atoms with Gasteiger partial charge in [-0.1, -0.05) is 0 Å². The van der Waals surface area contributed by atoms with Crippen molar-refractivity contribution in [3.63, 3.8) is 0 Å². The van der Waals surface area contributed by atoms with E-state index in [1.165, 1.54) is 0 Å². The molecule has 0 aliphatic heterocycles. The molecule has 1 rings (SSSR count). The molecule has 10 heteroatoms. The van der Waals surface area contributed by atoms with E-state index in [-0.39, 0.29) is 6.07 Å². The molecular formula is C7H2F6N2O2. The normalized spacial score (nSPS) is 11.9. The molecule has 0 aliphatic carbocycles. The van der Waals surface area contributed by atoms with Crippen molar-refractivity contribution in [1.29, 1.82) is 0 Å². The van der Waals surface area contributed by atoms with Gasteiger partial charge < -0.3 is 0 Å². The quantitative estimate of drug-likeness (QED) is 0.355. The Morgan fingerprint density at radius 2 is 1.88 bits per heavy atom. The van der Waals surface area contributed by atoms with Crippen LogP contribution in [0.3, 0.4) is 0 Å². The minimum absolute atomic E-state index is 0.0992. The van der Waals surface area contributed by atoms with Gasteiger partial charge in [0, 0.05) is 6.07 Å². The summed E-state index contributed by atoms with van der Waals surface area (Å²) in [4.78, 5) is 10.9. The van der Waals surface area contributed by atoms with E-state index >= 15 is 0 Å². The van der Waals surface area contributed by atoms with Gasteiger partial charge in [-0.25, -0.2) is 13.8 Å². The van der Waals surface area contributed by atoms with Crippen LogP contribution in [0.1, 0.15) is 17.7 Å². The molecule has 1 aromatic heterocycles. The van der Waals surface area contributed by atoms with Crippen LogP contribution in [0.25, 0.3) is 0 Å². The Morgan fingerprint density at radius 3 is 2.24 bits per heavy atom. The molecule has 0 aliphatic rings. The average Bonchev–Trinajstić information content (AvgIpc) is 2.14. The molecule has 0 spiro atoms. The predicted octanol–water partition coefficient (Wildman–Crippen LogP) is 3.09. The van der Waals surface area contributed by atoms with Crippen molar-refractivity contribution in [3.05, 3.63) is 33.4 Å². The molecule has 94 valence electrons. The number of nitro groups is 1. The summed E-state index contributed by atoms with van der Waals surface area (Å²) in [5, 5.41) is 10.3. The third-order valence-corrected chi connectivity index (χ3v) is 1.68. The average molecular weight is 260 g/mol.